The number of halogens is 1. The summed E-state index contributed by atoms with van der Waals surface area (Å²) < 4.78 is 15.0. The van der Waals surface area contributed by atoms with Gasteiger partial charge in [0.2, 0.25) is 0 Å². The zero-order valence-corrected chi connectivity index (χ0v) is 14.4. The van der Waals surface area contributed by atoms with Gasteiger partial charge in [-0.15, -0.1) is 0 Å². The second-order valence-electron chi connectivity index (χ2n) is 6.05. The Morgan fingerprint density at radius 1 is 1.20 bits per heavy atom. The molecule has 3 aromatic rings. The van der Waals surface area contributed by atoms with Gasteiger partial charge in [-0.2, -0.15) is 5.10 Å². The summed E-state index contributed by atoms with van der Waals surface area (Å²) in [5, 5.41) is 6.99. The molecule has 0 aliphatic carbocycles. The second kappa shape index (κ2) is 6.84. The topological polar surface area (TPSA) is 59.8 Å². The number of pyridine rings is 1. The average molecular weight is 338 g/mol. The van der Waals surface area contributed by atoms with Crippen LogP contribution in [0.4, 0.5) is 4.39 Å². The lowest BCUT2D eigenvalue weighted by Crippen LogP contribution is -2.24. The average Bonchev–Trinajstić information content (AvgIpc) is 3.02. The van der Waals surface area contributed by atoms with Crippen LogP contribution in [0, 0.1) is 19.7 Å². The van der Waals surface area contributed by atoms with Gasteiger partial charge in [0.25, 0.3) is 5.91 Å². The van der Waals surface area contributed by atoms with Crippen molar-refractivity contribution in [2.24, 2.45) is 7.05 Å². The Labute approximate surface area is 145 Å². The highest BCUT2D eigenvalue weighted by atomic mass is 19.1. The van der Waals surface area contributed by atoms with Crippen LogP contribution < -0.4 is 5.32 Å². The third-order valence-electron chi connectivity index (χ3n) is 4.03. The number of nitrogens with zero attached hydrogens (tertiary/aromatic N) is 3. The van der Waals surface area contributed by atoms with Crippen LogP contribution in [0.25, 0.3) is 11.1 Å². The van der Waals surface area contributed by atoms with Crippen LogP contribution >= 0.6 is 0 Å². The summed E-state index contributed by atoms with van der Waals surface area (Å²) in [5.41, 5.74) is 4.56. The monoisotopic (exact) mass is 338 g/mol. The minimum absolute atomic E-state index is 0.253. The van der Waals surface area contributed by atoms with Crippen molar-refractivity contribution in [3.8, 4) is 11.1 Å². The summed E-state index contributed by atoms with van der Waals surface area (Å²) in [4.78, 5) is 16.6. The number of hydrogen-bond donors (Lipinski definition) is 1. The van der Waals surface area contributed by atoms with Gasteiger partial charge in [-0.05, 0) is 48.2 Å². The van der Waals surface area contributed by atoms with Crippen molar-refractivity contribution in [1.29, 1.82) is 0 Å². The molecule has 1 amide bonds. The largest absolute Gasteiger partial charge is 0.347 e. The van der Waals surface area contributed by atoms with Gasteiger partial charge in [0.05, 0.1) is 6.20 Å². The van der Waals surface area contributed by atoms with Gasteiger partial charge in [0, 0.05) is 31.5 Å². The number of carbonyl (C=O) groups excluding carboxylic acids is 1. The Morgan fingerprint density at radius 3 is 2.68 bits per heavy atom. The lowest BCUT2D eigenvalue weighted by atomic mass is 10.0. The first-order chi connectivity index (χ1) is 11.9. The highest BCUT2D eigenvalue weighted by Crippen LogP contribution is 2.22. The molecular weight excluding hydrogens is 319 g/mol. The van der Waals surface area contributed by atoms with Gasteiger partial charge >= 0.3 is 0 Å². The molecule has 0 bridgehead atoms. The highest BCUT2D eigenvalue weighted by molar-refractivity contribution is 5.93. The first-order valence-corrected chi connectivity index (χ1v) is 7.93. The number of amides is 1. The Hall–Kier alpha value is -3.02. The number of aromatic nitrogens is 3. The number of nitrogens with one attached hydrogen (secondary N) is 1. The number of hydrogen-bond acceptors (Lipinski definition) is 3. The van der Waals surface area contributed by atoms with Gasteiger partial charge in [0.15, 0.2) is 0 Å². The number of carbonyl (C=O) groups is 1. The fourth-order valence-corrected chi connectivity index (χ4v) is 2.61. The maximum atomic E-state index is 13.3. The normalized spacial score (nSPS) is 10.7. The summed E-state index contributed by atoms with van der Waals surface area (Å²) >= 11 is 0. The van der Waals surface area contributed by atoms with E-state index in [0.29, 0.717) is 17.8 Å². The third kappa shape index (κ3) is 3.74. The molecule has 1 N–H and O–H groups in total. The molecule has 5 nitrogen and oxygen atoms in total. The molecule has 0 saturated heterocycles. The van der Waals surface area contributed by atoms with Gasteiger partial charge in [-0.25, -0.2) is 4.39 Å². The van der Waals surface area contributed by atoms with E-state index < -0.39 is 0 Å². The van der Waals surface area contributed by atoms with Crippen LogP contribution in [0.5, 0.6) is 0 Å². The molecule has 0 fully saturated rings. The van der Waals surface area contributed by atoms with E-state index in [9.17, 15) is 9.18 Å². The van der Waals surface area contributed by atoms with Gasteiger partial charge in [-0.1, -0.05) is 12.1 Å². The number of rotatable bonds is 4. The molecule has 0 spiro atoms. The van der Waals surface area contributed by atoms with Crippen LogP contribution in [-0.2, 0) is 13.6 Å². The van der Waals surface area contributed by atoms with E-state index in [0.717, 1.165) is 22.3 Å². The van der Waals surface area contributed by atoms with Gasteiger partial charge in [0.1, 0.15) is 11.5 Å². The molecule has 128 valence electrons. The first kappa shape index (κ1) is 16.8. The molecule has 0 aliphatic heterocycles. The molecule has 0 saturated carbocycles. The smallest absolute Gasteiger partial charge is 0.270 e. The summed E-state index contributed by atoms with van der Waals surface area (Å²) in [7, 11) is 1.85. The Bertz CT molecular complexity index is 933. The van der Waals surface area contributed by atoms with E-state index >= 15 is 0 Å². The van der Waals surface area contributed by atoms with Crippen LogP contribution in [0.1, 0.15) is 27.2 Å². The van der Waals surface area contributed by atoms with E-state index in [2.05, 4.69) is 15.4 Å². The van der Waals surface area contributed by atoms with Gasteiger partial charge < -0.3 is 5.32 Å². The molecule has 0 aliphatic rings. The summed E-state index contributed by atoms with van der Waals surface area (Å²) in [5.74, 6) is -0.525. The van der Waals surface area contributed by atoms with Crippen molar-refractivity contribution in [3.63, 3.8) is 0 Å². The highest BCUT2D eigenvalue weighted by Gasteiger charge is 2.12. The lowest BCUT2D eigenvalue weighted by Gasteiger charge is -2.09. The van der Waals surface area contributed by atoms with E-state index in [4.69, 9.17) is 0 Å². The van der Waals surface area contributed by atoms with Crippen LogP contribution in [-0.4, -0.2) is 20.7 Å². The molecule has 2 heterocycles. The molecule has 0 radical (unpaired) electrons. The Balaban J connectivity index is 1.77. The summed E-state index contributed by atoms with van der Waals surface area (Å²) in [6, 6.07) is 6.55. The van der Waals surface area contributed by atoms with Crippen molar-refractivity contribution in [2.45, 2.75) is 20.4 Å². The molecule has 2 aromatic heterocycles. The predicted octanol–water partition coefficient (Wildman–Crippen LogP) is 3.17. The van der Waals surface area contributed by atoms with Gasteiger partial charge in [-0.3, -0.25) is 14.5 Å². The second-order valence-corrected chi connectivity index (χ2v) is 6.05. The van der Waals surface area contributed by atoms with Crippen molar-refractivity contribution in [2.75, 3.05) is 0 Å². The fourth-order valence-electron chi connectivity index (χ4n) is 2.61. The molecule has 0 atom stereocenters. The molecule has 3 rings (SSSR count). The molecule has 6 heteroatoms. The first-order valence-electron chi connectivity index (χ1n) is 7.93. The third-order valence-corrected chi connectivity index (χ3v) is 4.03. The van der Waals surface area contributed by atoms with E-state index in [1.54, 1.807) is 42.2 Å². The van der Waals surface area contributed by atoms with Crippen molar-refractivity contribution >= 4 is 5.91 Å². The zero-order chi connectivity index (χ0) is 18.0. The van der Waals surface area contributed by atoms with Crippen LogP contribution in [0.2, 0.25) is 0 Å². The molecule has 0 unspecified atom stereocenters. The minimum atomic E-state index is -0.271. The van der Waals surface area contributed by atoms with Crippen LogP contribution in [0.3, 0.4) is 0 Å². The predicted molar refractivity (Wildman–Crippen MR) is 93.5 cm³/mol. The van der Waals surface area contributed by atoms with E-state index in [1.807, 2.05) is 20.2 Å². The number of benzene rings is 1. The molecular formula is C19H19FN4O. The van der Waals surface area contributed by atoms with Crippen LogP contribution in [0.15, 0.2) is 42.9 Å². The standard InChI is InChI=1S/C19H19FN4O/c1-12-6-14(4-5-17(12)20)9-22-19(25)18-7-16(13(2)8-21-18)15-10-23-24(3)11-15/h4-8,10-11H,9H2,1-3H3,(H,22,25). The van der Waals surface area contributed by atoms with Crippen molar-refractivity contribution in [3.05, 3.63) is 71.1 Å². The SMILES string of the molecule is Cc1cc(CNC(=O)c2cc(-c3cnn(C)c3)c(C)cn2)ccc1F. The Morgan fingerprint density at radius 2 is 2.00 bits per heavy atom. The molecule has 1 aromatic carbocycles. The maximum absolute atomic E-state index is 13.3. The maximum Gasteiger partial charge on any atom is 0.270 e. The molecule has 25 heavy (non-hydrogen) atoms. The Kier molecular flexibility index (Phi) is 4.61. The van der Waals surface area contributed by atoms with Crippen molar-refractivity contribution < 1.29 is 9.18 Å². The summed E-state index contributed by atoms with van der Waals surface area (Å²) in [6.07, 6.45) is 5.33. The van der Waals surface area contributed by atoms with E-state index in [1.165, 1.54) is 6.07 Å². The lowest BCUT2D eigenvalue weighted by molar-refractivity contribution is 0.0946. The van der Waals surface area contributed by atoms with Crippen molar-refractivity contribution in [1.82, 2.24) is 20.1 Å². The summed E-state index contributed by atoms with van der Waals surface area (Å²) in [6.45, 7) is 3.96. The minimum Gasteiger partial charge on any atom is -0.347 e. The fraction of sp³-hybridized carbons (Fsp3) is 0.211. The quantitative estimate of drug-likeness (QED) is 0.795. The zero-order valence-electron chi connectivity index (χ0n) is 14.4. The number of aryl methyl sites for hydroxylation is 3. The van der Waals surface area contributed by atoms with E-state index in [-0.39, 0.29) is 11.7 Å².